The van der Waals surface area contributed by atoms with Crippen LogP contribution in [0.3, 0.4) is 0 Å². The number of thiol groups is 1. The van der Waals surface area contributed by atoms with Gasteiger partial charge in [0.05, 0.1) is 0 Å². The summed E-state index contributed by atoms with van der Waals surface area (Å²) in [6.45, 7) is 4.89. The molecule has 1 fully saturated rings. The number of Topliss-reactive ketones (excluding diaryl/α,β-unsaturated/α-hetero) is 1. The Morgan fingerprint density at radius 1 is 1.64 bits per heavy atom. The summed E-state index contributed by atoms with van der Waals surface area (Å²) in [6, 6.07) is 0. The quantitative estimate of drug-likeness (QED) is 0.355. The van der Waals surface area contributed by atoms with Crippen LogP contribution >= 0.6 is 12.6 Å². The van der Waals surface area contributed by atoms with Gasteiger partial charge in [0.2, 0.25) is 0 Å². The van der Waals surface area contributed by atoms with Gasteiger partial charge in [-0.15, -0.1) is 0 Å². The van der Waals surface area contributed by atoms with Crippen LogP contribution < -0.4 is 5.32 Å². The summed E-state index contributed by atoms with van der Waals surface area (Å²) in [4.78, 5) is 22.0. The van der Waals surface area contributed by atoms with E-state index in [0.717, 1.165) is 0 Å². The highest BCUT2D eigenvalue weighted by Gasteiger charge is 2.65. The number of carbonyl (C=O) groups excluding carboxylic acids is 2. The summed E-state index contributed by atoms with van der Waals surface area (Å²) < 4.78 is -0.615. The predicted octanol–water partition coefficient (Wildman–Crippen LogP) is 0.152. The Kier molecular flexibility index (Phi) is 1.56. The van der Waals surface area contributed by atoms with Gasteiger partial charge in [0.15, 0.2) is 11.3 Å². The molecule has 1 rings (SSSR count). The molecule has 1 saturated heterocycles. The smallest absolute Gasteiger partial charge is 0.256 e. The van der Waals surface area contributed by atoms with Crippen LogP contribution in [0, 0.1) is 0 Å². The Balaban J connectivity index is 2.98. The average molecular weight is 173 g/mol. The van der Waals surface area contributed by atoms with Crippen molar-refractivity contribution >= 4 is 24.3 Å². The number of rotatable bonds is 2. The third kappa shape index (κ3) is 0.965. The number of hydrogen-bond donors (Lipinski definition) is 2. The van der Waals surface area contributed by atoms with Crippen molar-refractivity contribution in [1.29, 1.82) is 0 Å². The van der Waals surface area contributed by atoms with Crippen LogP contribution in [0.25, 0.3) is 0 Å². The van der Waals surface area contributed by atoms with E-state index < -0.39 is 10.3 Å². The van der Waals surface area contributed by atoms with E-state index in [2.05, 4.69) is 17.9 Å². The summed E-state index contributed by atoms with van der Waals surface area (Å²) in [5.41, 5.74) is -1.02. The zero-order valence-electron chi connectivity index (χ0n) is 6.76. The maximum Gasteiger partial charge on any atom is 0.256 e. The van der Waals surface area contributed by atoms with E-state index in [4.69, 9.17) is 0 Å². The van der Waals surface area contributed by atoms with E-state index >= 15 is 0 Å². The minimum atomic E-state index is -1.02. The molecule has 0 bridgehead atoms. The first-order chi connectivity index (χ1) is 4.82. The minimum Gasteiger partial charge on any atom is -0.332 e. The van der Waals surface area contributed by atoms with Gasteiger partial charge in [-0.1, -0.05) is 0 Å². The topological polar surface area (TPSA) is 56.1 Å². The molecule has 11 heavy (non-hydrogen) atoms. The van der Waals surface area contributed by atoms with E-state index in [1.54, 1.807) is 13.8 Å². The molecule has 0 radical (unpaired) electrons. The lowest BCUT2D eigenvalue weighted by Gasteiger charge is -2.22. The van der Waals surface area contributed by atoms with Crippen molar-refractivity contribution in [3.63, 3.8) is 0 Å². The van der Waals surface area contributed by atoms with Crippen molar-refractivity contribution < 1.29 is 9.59 Å². The van der Waals surface area contributed by atoms with Gasteiger partial charge < -0.3 is 5.32 Å². The Hall–Kier alpha value is -0.510. The summed E-state index contributed by atoms with van der Waals surface area (Å²) >= 11 is 4.19. The summed E-state index contributed by atoms with van der Waals surface area (Å²) in [7, 11) is 0. The Bertz CT molecular complexity index is 231. The molecule has 1 heterocycles. The molecule has 3 nitrogen and oxygen atoms in total. The molecule has 1 atom stereocenters. The van der Waals surface area contributed by atoms with Gasteiger partial charge in [-0.25, -0.2) is 0 Å². The lowest BCUT2D eigenvalue weighted by molar-refractivity contribution is -0.123. The summed E-state index contributed by atoms with van der Waals surface area (Å²) in [5.74, 6) is -0.382. The molecule has 1 aliphatic heterocycles. The molecule has 62 valence electrons. The molecule has 0 aromatic carbocycles. The fraction of sp³-hybridized carbons (Fsp3) is 0.714. The predicted molar refractivity (Wildman–Crippen MR) is 44.6 cm³/mol. The molecule has 1 aliphatic rings. The highest BCUT2D eigenvalue weighted by Crippen LogP contribution is 2.37. The SMILES string of the molecule is CC(=O)C1(C(C)(C)S)NC1=O. The third-order valence-electron chi connectivity index (χ3n) is 2.02. The Morgan fingerprint density at radius 2 is 2.00 bits per heavy atom. The highest BCUT2D eigenvalue weighted by molar-refractivity contribution is 7.82. The minimum absolute atomic E-state index is 0.164. The molecule has 1 N–H and O–H groups in total. The Morgan fingerprint density at radius 3 is 2.00 bits per heavy atom. The van der Waals surface area contributed by atoms with Gasteiger partial charge in [-0.2, -0.15) is 12.6 Å². The van der Waals surface area contributed by atoms with Crippen molar-refractivity contribution in [3.05, 3.63) is 0 Å². The standard InChI is InChI=1S/C7H11NO2S/c1-4(9)7(5(10)8-7)6(2,3)11/h11H,1-3H3,(H,8,10). The van der Waals surface area contributed by atoms with Crippen LogP contribution in [0.2, 0.25) is 0 Å². The van der Waals surface area contributed by atoms with E-state index in [1.165, 1.54) is 6.92 Å². The second-order valence-electron chi connectivity index (χ2n) is 3.32. The molecule has 1 amide bonds. The number of amides is 1. The van der Waals surface area contributed by atoms with Gasteiger partial charge in [0.1, 0.15) is 0 Å². The van der Waals surface area contributed by atoms with Crippen LogP contribution in [0.4, 0.5) is 0 Å². The lowest BCUT2D eigenvalue weighted by atomic mass is 9.90. The molecule has 0 aromatic heterocycles. The largest absolute Gasteiger partial charge is 0.332 e. The molecule has 0 aliphatic carbocycles. The normalized spacial score (nSPS) is 29.6. The molecule has 1 unspecified atom stereocenters. The molecule has 4 heteroatoms. The third-order valence-corrected chi connectivity index (χ3v) is 2.36. The van der Waals surface area contributed by atoms with E-state index in [1.807, 2.05) is 0 Å². The van der Waals surface area contributed by atoms with Crippen molar-refractivity contribution in [2.75, 3.05) is 0 Å². The first kappa shape index (κ1) is 8.59. The monoisotopic (exact) mass is 173 g/mol. The average Bonchev–Trinajstić information content (AvgIpc) is 2.39. The maximum atomic E-state index is 11.1. The van der Waals surface area contributed by atoms with Gasteiger partial charge >= 0.3 is 0 Å². The summed E-state index contributed by atoms with van der Waals surface area (Å²) in [6.07, 6.45) is 0. The van der Waals surface area contributed by atoms with Crippen molar-refractivity contribution in [1.82, 2.24) is 5.32 Å². The second-order valence-corrected chi connectivity index (χ2v) is 4.44. The second kappa shape index (κ2) is 2.00. The first-order valence-electron chi connectivity index (χ1n) is 3.38. The van der Waals surface area contributed by atoms with E-state index in [9.17, 15) is 9.59 Å². The zero-order valence-corrected chi connectivity index (χ0v) is 7.66. The number of hydrogen-bond acceptors (Lipinski definition) is 3. The lowest BCUT2D eigenvalue weighted by Crippen LogP contribution is -2.44. The molecule has 0 saturated carbocycles. The van der Waals surface area contributed by atoms with Crippen LogP contribution in [-0.4, -0.2) is 22.0 Å². The number of ketones is 1. The number of carbonyl (C=O) groups is 2. The van der Waals surface area contributed by atoms with E-state index in [0.29, 0.717) is 0 Å². The highest BCUT2D eigenvalue weighted by atomic mass is 32.1. The molecule has 0 aromatic rings. The van der Waals surface area contributed by atoms with Crippen molar-refractivity contribution in [2.24, 2.45) is 0 Å². The molecular formula is C7H11NO2S. The van der Waals surface area contributed by atoms with Gasteiger partial charge in [0.25, 0.3) is 5.91 Å². The van der Waals surface area contributed by atoms with Crippen LogP contribution in [-0.2, 0) is 9.59 Å². The maximum absolute atomic E-state index is 11.1. The van der Waals surface area contributed by atoms with Crippen LogP contribution in [0.5, 0.6) is 0 Å². The molecular weight excluding hydrogens is 162 g/mol. The van der Waals surface area contributed by atoms with Gasteiger partial charge in [-0.3, -0.25) is 9.59 Å². The summed E-state index contributed by atoms with van der Waals surface area (Å²) in [5, 5.41) is 2.52. The fourth-order valence-corrected chi connectivity index (χ4v) is 1.56. The fourth-order valence-electron chi connectivity index (χ4n) is 1.25. The van der Waals surface area contributed by atoms with Crippen molar-refractivity contribution in [2.45, 2.75) is 31.1 Å². The van der Waals surface area contributed by atoms with E-state index in [-0.39, 0.29) is 11.7 Å². The number of nitrogens with one attached hydrogen (secondary N) is 1. The van der Waals surface area contributed by atoms with Gasteiger partial charge in [-0.05, 0) is 20.8 Å². The van der Waals surface area contributed by atoms with Crippen LogP contribution in [0.15, 0.2) is 0 Å². The first-order valence-corrected chi connectivity index (χ1v) is 3.83. The van der Waals surface area contributed by atoms with Crippen LogP contribution in [0.1, 0.15) is 20.8 Å². The molecule has 0 spiro atoms. The zero-order chi connectivity index (χ0) is 8.86. The van der Waals surface area contributed by atoms with Crippen molar-refractivity contribution in [3.8, 4) is 0 Å². The Labute approximate surface area is 71.0 Å². The van der Waals surface area contributed by atoms with Gasteiger partial charge in [0, 0.05) is 4.75 Å².